The van der Waals surface area contributed by atoms with Crippen molar-refractivity contribution >= 4 is 21.8 Å². The first kappa shape index (κ1) is 19.5. The number of urea groups is 1. The van der Waals surface area contributed by atoms with Crippen molar-refractivity contribution in [1.29, 1.82) is 0 Å². The van der Waals surface area contributed by atoms with Crippen molar-refractivity contribution in [3.63, 3.8) is 0 Å². The van der Waals surface area contributed by atoms with E-state index in [4.69, 9.17) is 0 Å². The van der Waals surface area contributed by atoms with E-state index in [1.165, 1.54) is 0 Å². The van der Waals surface area contributed by atoms with Crippen molar-refractivity contribution in [2.75, 3.05) is 50.8 Å². The van der Waals surface area contributed by atoms with Crippen LogP contribution in [0.3, 0.4) is 0 Å². The van der Waals surface area contributed by atoms with Gasteiger partial charge in [0.25, 0.3) is 5.91 Å². The molecule has 0 spiro atoms. The van der Waals surface area contributed by atoms with E-state index < -0.39 is 27.5 Å². The van der Waals surface area contributed by atoms with Gasteiger partial charge in [0.2, 0.25) is 0 Å². The van der Waals surface area contributed by atoms with Gasteiger partial charge in [0, 0.05) is 38.8 Å². The zero-order chi connectivity index (χ0) is 19.1. The Hall–Kier alpha value is -1.23. The van der Waals surface area contributed by atoms with Crippen molar-refractivity contribution in [2.45, 2.75) is 38.0 Å². The lowest BCUT2D eigenvalue weighted by Crippen LogP contribution is -2.53. The number of nitrogens with one attached hydrogen (secondary N) is 1. The molecule has 9 nitrogen and oxygen atoms in total. The Morgan fingerprint density at radius 2 is 1.85 bits per heavy atom. The van der Waals surface area contributed by atoms with E-state index in [0.29, 0.717) is 13.0 Å². The molecule has 2 N–H and O–H groups in total. The second-order valence-electron chi connectivity index (χ2n) is 8.02. The van der Waals surface area contributed by atoms with Crippen LogP contribution in [-0.4, -0.2) is 109 Å². The summed E-state index contributed by atoms with van der Waals surface area (Å²) in [4.78, 5) is 29.4. The maximum Gasteiger partial charge on any atom is 0.325 e. The molecule has 3 aliphatic rings. The zero-order valence-corrected chi connectivity index (χ0v) is 16.2. The maximum absolute atomic E-state index is 12.2. The molecule has 0 radical (unpaired) electrons. The van der Waals surface area contributed by atoms with E-state index in [-0.39, 0.29) is 30.0 Å². The quantitative estimate of drug-likeness (QED) is 0.551. The summed E-state index contributed by atoms with van der Waals surface area (Å²) in [5.74, 6) is 0.199. The van der Waals surface area contributed by atoms with E-state index in [1.54, 1.807) is 13.8 Å². The van der Waals surface area contributed by atoms with Crippen LogP contribution < -0.4 is 5.32 Å². The van der Waals surface area contributed by atoms with Crippen molar-refractivity contribution in [3.8, 4) is 0 Å². The van der Waals surface area contributed by atoms with Crippen LogP contribution in [-0.2, 0) is 14.6 Å². The zero-order valence-electron chi connectivity index (χ0n) is 15.3. The number of nitrogens with zero attached hydrogens (tertiary/aromatic N) is 3. The summed E-state index contributed by atoms with van der Waals surface area (Å²) in [6.45, 7) is 6.65. The second-order valence-corrected chi connectivity index (χ2v) is 10.2. The Labute approximate surface area is 154 Å². The average molecular weight is 388 g/mol. The van der Waals surface area contributed by atoms with Gasteiger partial charge in [0.1, 0.15) is 5.54 Å². The maximum atomic E-state index is 12.2. The highest BCUT2D eigenvalue weighted by molar-refractivity contribution is 7.91. The lowest BCUT2D eigenvalue weighted by molar-refractivity contribution is -0.131. The first-order chi connectivity index (χ1) is 12.1. The van der Waals surface area contributed by atoms with E-state index in [2.05, 4.69) is 15.1 Å². The summed E-state index contributed by atoms with van der Waals surface area (Å²) in [6.07, 6.45) is -0.107. The number of imide groups is 1. The summed E-state index contributed by atoms with van der Waals surface area (Å²) in [5, 5.41) is 12.9. The molecule has 0 unspecified atom stereocenters. The Morgan fingerprint density at radius 3 is 2.35 bits per heavy atom. The van der Waals surface area contributed by atoms with Crippen LogP contribution in [0.25, 0.3) is 0 Å². The number of sulfone groups is 1. The monoisotopic (exact) mass is 388 g/mol. The van der Waals surface area contributed by atoms with Gasteiger partial charge in [-0.3, -0.25) is 19.5 Å². The van der Waals surface area contributed by atoms with Crippen molar-refractivity contribution in [1.82, 2.24) is 20.0 Å². The van der Waals surface area contributed by atoms with Crippen LogP contribution in [0.2, 0.25) is 0 Å². The van der Waals surface area contributed by atoms with Gasteiger partial charge in [0.05, 0.1) is 24.2 Å². The molecule has 0 aromatic carbocycles. The molecule has 26 heavy (non-hydrogen) atoms. The van der Waals surface area contributed by atoms with Gasteiger partial charge in [-0.25, -0.2) is 13.2 Å². The lowest BCUT2D eigenvalue weighted by Gasteiger charge is -2.38. The molecule has 3 amide bonds. The van der Waals surface area contributed by atoms with Gasteiger partial charge in [-0.15, -0.1) is 0 Å². The van der Waals surface area contributed by atoms with Crippen molar-refractivity contribution < 1.29 is 23.1 Å². The normalized spacial score (nSPS) is 30.6. The molecule has 0 bridgehead atoms. The van der Waals surface area contributed by atoms with Crippen LogP contribution in [0.5, 0.6) is 0 Å². The topological polar surface area (TPSA) is 110 Å². The molecular formula is C16H28N4O5S. The third-order valence-corrected chi connectivity index (χ3v) is 7.19. The summed E-state index contributed by atoms with van der Waals surface area (Å²) in [7, 11) is -2.88. The Balaban J connectivity index is 1.45. The average Bonchev–Trinajstić information content (AvgIpc) is 3.00. The predicted molar refractivity (Wildman–Crippen MR) is 95.4 cm³/mol. The molecule has 0 aliphatic carbocycles. The van der Waals surface area contributed by atoms with Gasteiger partial charge >= 0.3 is 6.03 Å². The minimum Gasteiger partial charge on any atom is -0.390 e. The number of carbonyl (C=O) groups excluding carboxylic acids is 2. The summed E-state index contributed by atoms with van der Waals surface area (Å²) >= 11 is 0. The van der Waals surface area contributed by atoms with Crippen LogP contribution in [0, 0.1) is 0 Å². The second kappa shape index (κ2) is 7.06. The number of β-amino-alcohol motifs (C(OH)–C–C–N with tert-alkyl or cyclic N) is 1. The molecule has 10 heteroatoms. The van der Waals surface area contributed by atoms with Crippen LogP contribution in [0.15, 0.2) is 0 Å². The first-order valence-corrected chi connectivity index (χ1v) is 10.9. The predicted octanol–water partition coefficient (Wildman–Crippen LogP) is -1.52. The third kappa shape index (κ3) is 4.19. The number of piperazine rings is 1. The summed E-state index contributed by atoms with van der Waals surface area (Å²) in [5.41, 5.74) is -0.927. The highest BCUT2D eigenvalue weighted by atomic mass is 32.2. The number of hydrogen-bond donors (Lipinski definition) is 2. The molecule has 2 atom stereocenters. The summed E-state index contributed by atoms with van der Waals surface area (Å²) < 4.78 is 23.2. The summed E-state index contributed by atoms with van der Waals surface area (Å²) in [6, 6.07) is -0.355. The number of carbonyl (C=O) groups is 2. The number of rotatable bonds is 5. The Morgan fingerprint density at radius 1 is 1.19 bits per heavy atom. The first-order valence-electron chi connectivity index (χ1n) is 9.06. The minimum absolute atomic E-state index is 0.0187. The number of aliphatic hydroxyl groups is 1. The fourth-order valence-electron chi connectivity index (χ4n) is 3.92. The van der Waals surface area contributed by atoms with Gasteiger partial charge < -0.3 is 10.4 Å². The van der Waals surface area contributed by atoms with Crippen LogP contribution >= 0.6 is 0 Å². The van der Waals surface area contributed by atoms with Crippen LogP contribution in [0.1, 0.15) is 20.3 Å². The number of amides is 3. The minimum atomic E-state index is -2.88. The van der Waals surface area contributed by atoms with Crippen molar-refractivity contribution in [3.05, 3.63) is 0 Å². The van der Waals surface area contributed by atoms with E-state index in [9.17, 15) is 23.1 Å². The fourth-order valence-corrected chi connectivity index (χ4v) is 5.69. The Kier molecular flexibility index (Phi) is 5.31. The molecule has 0 aromatic rings. The largest absolute Gasteiger partial charge is 0.390 e. The SMILES string of the molecule is CC1(C)NC(=O)N(C[C@@H](O)CN2CCN([C@H]3CCS(=O)(=O)C3)CC2)C1=O. The molecule has 148 valence electrons. The van der Waals surface area contributed by atoms with Crippen LogP contribution in [0.4, 0.5) is 4.79 Å². The number of aliphatic hydroxyl groups excluding tert-OH is 1. The molecule has 0 aromatic heterocycles. The number of hydrogen-bond acceptors (Lipinski definition) is 7. The molecule has 3 saturated heterocycles. The van der Waals surface area contributed by atoms with E-state index >= 15 is 0 Å². The molecule has 3 heterocycles. The third-order valence-electron chi connectivity index (χ3n) is 5.44. The van der Waals surface area contributed by atoms with Gasteiger partial charge in [-0.1, -0.05) is 0 Å². The molecule has 3 fully saturated rings. The molecular weight excluding hydrogens is 360 g/mol. The highest BCUT2D eigenvalue weighted by Crippen LogP contribution is 2.20. The Bertz CT molecular complexity index is 672. The van der Waals surface area contributed by atoms with Gasteiger partial charge in [-0.05, 0) is 20.3 Å². The van der Waals surface area contributed by atoms with Gasteiger partial charge in [-0.2, -0.15) is 0 Å². The fraction of sp³-hybridized carbons (Fsp3) is 0.875. The highest BCUT2D eigenvalue weighted by Gasteiger charge is 2.44. The van der Waals surface area contributed by atoms with Crippen molar-refractivity contribution in [2.24, 2.45) is 0 Å². The molecule has 0 saturated carbocycles. The lowest BCUT2D eigenvalue weighted by atomic mass is 10.1. The molecule has 3 aliphatic heterocycles. The van der Waals surface area contributed by atoms with E-state index in [1.807, 2.05) is 0 Å². The van der Waals surface area contributed by atoms with Gasteiger partial charge in [0.15, 0.2) is 9.84 Å². The molecule has 3 rings (SSSR count). The smallest absolute Gasteiger partial charge is 0.325 e. The van der Waals surface area contributed by atoms with E-state index in [0.717, 1.165) is 31.1 Å². The standard InChI is InChI=1S/C16H28N4O5S/c1-16(2)14(22)20(15(23)17-16)10-13(21)9-18-4-6-19(7-5-18)12-3-8-26(24,25)11-12/h12-13,21H,3-11H2,1-2H3,(H,17,23)/t12-,13-/m0/s1.